The molecule has 0 bridgehead atoms. The van der Waals surface area contributed by atoms with E-state index in [1.165, 1.54) is 0 Å². The van der Waals surface area contributed by atoms with Crippen LogP contribution in [0.25, 0.3) is 0 Å². The smallest absolute Gasteiger partial charge is 0.238 e. The molecule has 1 fully saturated rings. The van der Waals surface area contributed by atoms with Gasteiger partial charge in [-0.25, -0.2) is 0 Å². The summed E-state index contributed by atoms with van der Waals surface area (Å²) in [5.41, 5.74) is 0.735. The van der Waals surface area contributed by atoms with Crippen LogP contribution in [-0.2, 0) is 9.53 Å². The Morgan fingerprint density at radius 1 is 1.29 bits per heavy atom. The fourth-order valence-corrected chi connectivity index (χ4v) is 3.11. The first-order chi connectivity index (χ1) is 11.7. The summed E-state index contributed by atoms with van der Waals surface area (Å²) in [6.07, 6.45) is 2.01. The van der Waals surface area contributed by atoms with Gasteiger partial charge in [-0.05, 0) is 25.5 Å². The van der Waals surface area contributed by atoms with E-state index < -0.39 is 0 Å². The van der Waals surface area contributed by atoms with E-state index in [1.807, 2.05) is 25.1 Å². The molecule has 0 unspecified atom stereocenters. The van der Waals surface area contributed by atoms with Crippen molar-refractivity contribution in [3.8, 4) is 11.5 Å². The molecule has 24 heavy (non-hydrogen) atoms. The number of nitrogens with zero attached hydrogens (tertiary/aromatic N) is 1. The van der Waals surface area contributed by atoms with Crippen LogP contribution in [-0.4, -0.2) is 55.9 Å². The van der Waals surface area contributed by atoms with Gasteiger partial charge in [0.1, 0.15) is 0 Å². The van der Waals surface area contributed by atoms with E-state index in [4.69, 9.17) is 14.2 Å². The van der Waals surface area contributed by atoms with Gasteiger partial charge in [0, 0.05) is 30.8 Å². The number of carbonyl (C=O) groups is 1. The Hall–Kier alpha value is -1.79. The highest BCUT2D eigenvalue weighted by atomic mass is 16.5. The summed E-state index contributed by atoms with van der Waals surface area (Å²) in [7, 11) is 0. The second-order valence-corrected chi connectivity index (χ2v) is 6.40. The molecule has 6 heteroatoms. The minimum Gasteiger partial charge on any atom is -0.490 e. The van der Waals surface area contributed by atoms with E-state index in [-0.39, 0.29) is 12.0 Å². The average Bonchev–Trinajstić information content (AvgIpc) is 2.80. The maximum Gasteiger partial charge on any atom is 0.238 e. The molecule has 0 radical (unpaired) electrons. The first kappa shape index (κ1) is 17.0. The van der Waals surface area contributed by atoms with Crippen LogP contribution in [0.3, 0.4) is 0 Å². The fraction of sp³-hybridized carbons (Fsp3) is 0.611. The molecule has 132 valence electrons. The average molecular weight is 334 g/mol. The number of hydrogen-bond donors (Lipinski definition) is 1. The zero-order valence-corrected chi connectivity index (χ0v) is 14.4. The quantitative estimate of drug-likeness (QED) is 0.915. The Morgan fingerprint density at radius 3 is 2.88 bits per heavy atom. The van der Waals surface area contributed by atoms with Crippen molar-refractivity contribution in [3.05, 3.63) is 18.2 Å². The van der Waals surface area contributed by atoms with Crippen LogP contribution in [0.15, 0.2) is 18.2 Å². The summed E-state index contributed by atoms with van der Waals surface area (Å²) < 4.78 is 17.0. The lowest BCUT2D eigenvalue weighted by Gasteiger charge is -2.37. The van der Waals surface area contributed by atoms with Crippen molar-refractivity contribution in [1.29, 1.82) is 0 Å². The van der Waals surface area contributed by atoms with E-state index in [0.29, 0.717) is 38.2 Å². The predicted octanol–water partition coefficient (Wildman–Crippen LogP) is 2.29. The van der Waals surface area contributed by atoms with Crippen LogP contribution in [0, 0.1) is 0 Å². The number of nitrogens with one attached hydrogen (secondary N) is 1. The first-order valence-corrected chi connectivity index (χ1v) is 8.71. The lowest BCUT2D eigenvalue weighted by molar-refractivity contribution is -0.121. The molecule has 2 aliphatic heterocycles. The standard InChI is InChI=1S/C18H26N2O4/c1-3-15-12-24-13(2)10-20(15)11-18(21)19-14-5-6-16-17(9-14)23-8-4-7-22-16/h5-6,9,13,15H,3-4,7-8,10-12H2,1-2H3,(H,19,21)/t13-,15-/m1/s1. The maximum atomic E-state index is 12.4. The summed E-state index contributed by atoms with van der Waals surface area (Å²) in [5, 5.41) is 2.96. The van der Waals surface area contributed by atoms with Gasteiger partial charge < -0.3 is 19.5 Å². The monoisotopic (exact) mass is 334 g/mol. The minimum atomic E-state index is -0.0166. The van der Waals surface area contributed by atoms with Gasteiger partial charge in [-0.2, -0.15) is 0 Å². The molecule has 0 saturated carbocycles. The van der Waals surface area contributed by atoms with Gasteiger partial charge in [0.25, 0.3) is 0 Å². The van der Waals surface area contributed by atoms with Gasteiger partial charge in [0.05, 0.1) is 32.5 Å². The maximum absolute atomic E-state index is 12.4. The van der Waals surface area contributed by atoms with Gasteiger partial charge >= 0.3 is 0 Å². The van der Waals surface area contributed by atoms with Crippen LogP contribution >= 0.6 is 0 Å². The molecule has 0 aromatic heterocycles. The molecule has 3 rings (SSSR count). The number of rotatable bonds is 4. The van der Waals surface area contributed by atoms with E-state index in [9.17, 15) is 4.79 Å². The largest absolute Gasteiger partial charge is 0.490 e. The second-order valence-electron chi connectivity index (χ2n) is 6.40. The van der Waals surface area contributed by atoms with Crippen molar-refractivity contribution in [2.24, 2.45) is 0 Å². The van der Waals surface area contributed by atoms with Crippen molar-refractivity contribution < 1.29 is 19.0 Å². The number of morpholine rings is 1. The number of hydrogen-bond acceptors (Lipinski definition) is 5. The molecular formula is C18H26N2O4. The number of anilines is 1. The molecule has 0 spiro atoms. The summed E-state index contributed by atoms with van der Waals surface area (Å²) >= 11 is 0. The zero-order chi connectivity index (χ0) is 16.9. The highest BCUT2D eigenvalue weighted by Gasteiger charge is 2.27. The topological polar surface area (TPSA) is 60.0 Å². The SMILES string of the molecule is CC[C@@H]1CO[C@H](C)CN1CC(=O)Nc1ccc2c(c1)OCCCO2. The van der Waals surface area contributed by atoms with Crippen LogP contribution in [0.5, 0.6) is 11.5 Å². The second kappa shape index (κ2) is 7.85. The number of carbonyl (C=O) groups excluding carboxylic acids is 1. The normalized spacial score (nSPS) is 24.2. The van der Waals surface area contributed by atoms with Gasteiger partial charge in [-0.1, -0.05) is 6.92 Å². The van der Waals surface area contributed by atoms with Crippen molar-refractivity contribution >= 4 is 11.6 Å². The van der Waals surface area contributed by atoms with Crippen LogP contribution in [0.2, 0.25) is 0 Å². The van der Waals surface area contributed by atoms with Gasteiger partial charge in [0.15, 0.2) is 11.5 Å². The van der Waals surface area contributed by atoms with E-state index in [0.717, 1.165) is 30.8 Å². The molecule has 2 heterocycles. The number of amides is 1. The first-order valence-electron chi connectivity index (χ1n) is 8.71. The molecule has 1 aromatic rings. The summed E-state index contributed by atoms with van der Waals surface area (Å²) in [5.74, 6) is 1.41. The Bertz CT molecular complexity index is 578. The minimum absolute atomic E-state index is 0.0166. The van der Waals surface area contributed by atoms with E-state index >= 15 is 0 Å². The lowest BCUT2D eigenvalue weighted by atomic mass is 10.1. The molecule has 0 aliphatic carbocycles. The lowest BCUT2D eigenvalue weighted by Crippen LogP contribution is -2.51. The van der Waals surface area contributed by atoms with Gasteiger partial charge in [-0.15, -0.1) is 0 Å². The van der Waals surface area contributed by atoms with E-state index in [2.05, 4.69) is 17.1 Å². The van der Waals surface area contributed by atoms with Crippen molar-refractivity contribution in [1.82, 2.24) is 4.90 Å². The van der Waals surface area contributed by atoms with Crippen LogP contribution in [0.1, 0.15) is 26.7 Å². The molecule has 1 saturated heterocycles. The van der Waals surface area contributed by atoms with E-state index in [1.54, 1.807) is 0 Å². The van der Waals surface area contributed by atoms with Crippen molar-refractivity contribution in [2.75, 3.05) is 38.2 Å². The Balaban J connectivity index is 1.61. The van der Waals surface area contributed by atoms with Crippen LogP contribution in [0.4, 0.5) is 5.69 Å². The molecule has 2 atom stereocenters. The number of ether oxygens (including phenoxy) is 3. The number of fused-ring (bicyclic) bond motifs is 1. The third-order valence-electron chi connectivity index (χ3n) is 4.43. The van der Waals surface area contributed by atoms with Crippen molar-refractivity contribution in [3.63, 3.8) is 0 Å². The molecule has 2 aliphatic rings. The zero-order valence-electron chi connectivity index (χ0n) is 14.4. The highest BCUT2D eigenvalue weighted by Crippen LogP contribution is 2.32. The summed E-state index contributed by atoms with van der Waals surface area (Å²) in [6.45, 7) is 7.31. The molecular weight excluding hydrogens is 308 g/mol. The van der Waals surface area contributed by atoms with Crippen LogP contribution < -0.4 is 14.8 Å². The van der Waals surface area contributed by atoms with Gasteiger partial charge in [0.2, 0.25) is 5.91 Å². The summed E-state index contributed by atoms with van der Waals surface area (Å²) in [6, 6.07) is 5.83. The third-order valence-corrected chi connectivity index (χ3v) is 4.43. The molecule has 6 nitrogen and oxygen atoms in total. The molecule has 1 aromatic carbocycles. The number of benzene rings is 1. The Labute approximate surface area is 143 Å². The predicted molar refractivity (Wildman–Crippen MR) is 91.7 cm³/mol. The van der Waals surface area contributed by atoms with Gasteiger partial charge in [-0.3, -0.25) is 9.69 Å². The fourth-order valence-electron chi connectivity index (χ4n) is 3.11. The summed E-state index contributed by atoms with van der Waals surface area (Å²) in [4.78, 5) is 14.6. The third kappa shape index (κ3) is 4.19. The van der Waals surface area contributed by atoms with Crippen molar-refractivity contribution in [2.45, 2.75) is 38.8 Å². The highest BCUT2D eigenvalue weighted by molar-refractivity contribution is 5.92. The Kier molecular flexibility index (Phi) is 5.58. The molecule has 1 N–H and O–H groups in total. The Morgan fingerprint density at radius 2 is 2.08 bits per heavy atom. The molecule has 1 amide bonds.